The number of hydrogen-bond donors (Lipinski definition) is 3. The summed E-state index contributed by atoms with van der Waals surface area (Å²) in [5, 5.41) is 17.7. The number of phenols is 1. The summed E-state index contributed by atoms with van der Waals surface area (Å²) in [5.41, 5.74) is 3.93. The van der Waals surface area contributed by atoms with Crippen molar-refractivity contribution >= 4 is 11.7 Å². The number of nitrogens with two attached hydrogens (primary N) is 1. The highest BCUT2D eigenvalue weighted by Crippen LogP contribution is 2.33. The average molecular weight is 201 g/mol. The first-order valence-electron chi connectivity index (χ1n) is 3.57. The second-order valence-corrected chi connectivity index (χ2v) is 2.51. The minimum atomic E-state index is -1.59. The molecular formula is C8H8FNO4. The molecule has 0 aliphatic carbocycles. The van der Waals surface area contributed by atoms with E-state index in [-0.39, 0.29) is 5.75 Å². The maximum Gasteiger partial charge on any atom is 0.342 e. The highest BCUT2D eigenvalue weighted by atomic mass is 19.1. The van der Waals surface area contributed by atoms with Gasteiger partial charge in [0, 0.05) is 6.07 Å². The van der Waals surface area contributed by atoms with Crippen LogP contribution in [0.2, 0.25) is 0 Å². The number of aromatic hydroxyl groups is 1. The predicted molar refractivity (Wildman–Crippen MR) is 46.0 cm³/mol. The normalized spacial score (nSPS) is 9.86. The summed E-state index contributed by atoms with van der Waals surface area (Å²) in [5.74, 6) is -3.62. The second-order valence-electron chi connectivity index (χ2n) is 2.51. The first-order chi connectivity index (χ1) is 6.49. The molecule has 0 aliphatic rings. The molecule has 1 rings (SSSR count). The molecule has 0 saturated heterocycles. The Kier molecular flexibility index (Phi) is 2.46. The number of hydrogen-bond acceptors (Lipinski definition) is 4. The molecule has 0 radical (unpaired) electrons. The Labute approximate surface area is 78.5 Å². The van der Waals surface area contributed by atoms with Gasteiger partial charge in [-0.15, -0.1) is 0 Å². The van der Waals surface area contributed by atoms with Gasteiger partial charge in [0.15, 0.2) is 5.82 Å². The van der Waals surface area contributed by atoms with Crippen LogP contribution in [0.15, 0.2) is 6.07 Å². The molecule has 0 saturated carbocycles. The Balaban J connectivity index is 3.49. The van der Waals surface area contributed by atoms with Gasteiger partial charge in [0.05, 0.1) is 7.11 Å². The monoisotopic (exact) mass is 201 g/mol. The van der Waals surface area contributed by atoms with E-state index in [0.29, 0.717) is 0 Å². The molecule has 14 heavy (non-hydrogen) atoms. The van der Waals surface area contributed by atoms with Crippen LogP contribution in [0.25, 0.3) is 0 Å². The smallest absolute Gasteiger partial charge is 0.342 e. The molecule has 1 aromatic rings. The largest absolute Gasteiger partial charge is 0.507 e. The molecule has 0 amide bonds. The summed E-state index contributed by atoms with van der Waals surface area (Å²) in [6, 6.07) is 0.946. The van der Waals surface area contributed by atoms with Gasteiger partial charge < -0.3 is 20.7 Å². The van der Waals surface area contributed by atoms with Crippen molar-refractivity contribution in [2.45, 2.75) is 0 Å². The van der Waals surface area contributed by atoms with Gasteiger partial charge in [-0.1, -0.05) is 0 Å². The summed E-state index contributed by atoms with van der Waals surface area (Å²) in [4.78, 5) is 10.5. The van der Waals surface area contributed by atoms with Gasteiger partial charge in [0.1, 0.15) is 22.7 Å². The van der Waals surface area contributed by atoms with E-state index in [4.69, 9.17) is 15.9 Å². The average Bonchev–Trinajstić information content (AvgIpc) is 2.10. The third-order valence-corrected chi connectivity index (χ3v) is 1.68. The number of methoxy groups -OCH3 is 1. The third kappa shape index (κ3) is 1.41. The zero-order chi connectivity index (χ0) is 10.9. The molecule has 6 heteroatoms. The van der Waals surface area contributed by atoms with Gasteiger partial charge in [-0.2, -0.15) is 0 Å². The summed E-state index contributed by atoms with van der Waals surface area (Å²) in [6.07, 6.45) is 0. The molecule has 0 atom stereocenters. The van der Waals surface area contributed by atoms with Crippen molar-refractivity contribution in [1.29, 1.82) is 0 Å². The van der Waals surface area contributed by atoms with Gasteiger partial charge in [-0.3, -0.25) is 0 Å². The highest BCUT2D eigenvalue weighted by molar-refractivity contribution is 5.93. The van der Waals surface area contributed by atoms with E-state index >= 15 is 0 Å². The number of aromatic carboxylic acids is 1. The number of anilines is 1. The summed E-state index contributed by atoms with van der Waals surface area (Å²) >= 11 is 0. The van der Waals surface area contributed by atoms with Crippen LogP contribution in [0.3, 0.4) is 0 Å². The fourth-order valence-corrected chi connectivity index (χ4v) is 1.00. The van der Waals surface area contributed by atoms with Crippen molar-refractivity contribution in [3.05, 3.63) is 17.4 Å². The first-order valence-corrected chi connectivity index (χ1v) is 3.57. The molecule has 0 aliphatic heterocycles. The quantitative estimate of drug-likeness (QED) is 0.486. The summed E-state index contributed by atoms with van der Waals surface area (Å²) < 4.78 is 17.8. The minimum Gasteiger partial charge on any atom is -0.507 e. The summed E-state index contributed by atoms with van der Waals surface area (Å²) in [6.45, 7) is 0. The van der Waals surface area contributed by atoms with E-state index in [2.05, 4.69) is 4.74 Å². The molecule has 0 unspecified atom stereocenters. The van der Waals surface area contributed by atoms with Gasteiger partial charge >= 0.3 is 5.97 Å². The maximum absolute atomic E-state index is 13.2. The number of ether oxygens (including phenoxy) is 1. The number of nitrogen functional groups attached to an aromatic ring is 1. The van der Waals surface area contributed by atoms with E-state index in [0.717, 1.165) is 6.07 Å². The Morgan fingerprint density at radius 3 is 2.64 bits per heavy atom. The lowest BCUT2D eigenvalue weighted by atomic mass is 10.1. The number of benzene rings is 1. The van der Waals surface area contributed by atoms with Crippen LogP contribution >= 0.6 is 0 Å². The number of rotatable bonds is 2. The van der Waals surface area contributed by atoms with Crippen LogP contribution in [-0.2, 0) is 0 Å². The van der Waals surface area contributed by atoms with E-state index in [1.54, 1.807) is 0 Å². The van der Waals surface area contributed by atoms with E-state index < -0.39 is 28.8 Å². The topological polar surface area (TPSA) is 92.8 Å². The number of halogens is 1. The molecule has 0 aromatic heterocycles. The molecule has 0 spiro atoms. The lowest BCUT2D eigenvalue weighted by molar-refractivity contribution is 0.0688. The van der Waals surface area contributed by atoms with Gasteiger partial charge in [-0.25, -0.2) is 9.18 Å². The van der Waals surface area contributed by atoms with Crippen molar-refractivity contribution < 1.29 is 24.1 Å². The molecule has 76 valence electrons. The predicted octanol–water partition coefficient (Wildman–Crippen LogP) is 0.820. The van der Waals surface area contributed by atoms with Crippen LogP contribution in [0.5, 0.6) is 11.5 Å². The molecule has 4 N–H and O–H groups in total. The Hall–Kier alpha value is -1.98. The SMILES string of the molecule is COc1cc(O)c(C(=O)O)c(F)c1N. The highest BCUT2D eigenvalue weighted by Gasteiger charge is 2.21. The Morgan fingerprint density at radius 1 is 1.64 bits per heavy atom. The van der Waals surface area contributed by atoms with Crippen LogP contribution in [0.1, 0.15) is 10.4 Å². The van der Waals surface area contributed by atoms with Crippen molar-refractivity contribution in [2.75, 3.05) is 12.8 Å². The van der Waals surface area contributed by atoms with Crippen LogP contribution in [-0.4, -0.2) is 23.3 Å². The van der Waals surface area contributed by atoms with Gasteiger partial charge in [0.2, 0.25) is 0 Å². The molecule has 5 nitrogen and oxygen atoms in total. The van der Waals surface area contributed by atoms with E-state index in [9.17, 15) is 9.18 Å². The Morgan fingerprint density at radius 2 is 2.21 bits per heavy atom. The van der Waals surface area contributed by atoms with Crippen molar-refractivity contribution in [3.63, 3.8) is 0 Å². The van der Waals surface area contributed by atoms with E-state index in [1.807, 2.05) is 0 Å². The van der Waals surface area contributed by atoms with Crippen molar-refractivity contribution in [1.82, 2.24) is 0 Å². The minimum absolute atomic E-state index is 0.106. The fraction of sp³-hybridized carbons (Fsp3) is 0.125. The molecular weight excluding hydrogens is 193 g/mol. The maximum atomic E-state index is 13.2. The fourth-order valence-electron chi connectivity index (χ4n) is 1.00. The lowest BCUT2D eigenvalue weighted by Crippen LogP contribution is -2.06. The van der Waals surface area contributed by atoms with Crippen LogP contribution in [0, 0.1) is 5.82 Å². The molecule has 0 bridgehead atoms. The van der Waals surface area contributed by atoms with Crippen LogP contribution < -0.4 is 10.5 Å². The molecule has 0 heterocycles. The zero-order valence-corrected chi connectivity index (χ0v) is 7.24. The van der Waals surface area contributed by atoms with E-state index in [1.165, 1.54) is 7.11 Å². The molecule has 0 fully saturated rings. The first kappa shape index (κ1) is 10.1. The van der Waals surface area contributed by atoms with Crippen molar-refractivity contribution in [2.24, 2.45) is 0 Å². The van der Waals surface area contributed by atoms with Crippen LogP contribution in [0.4, 0.5) is 10.1 Å². The number of carboxylic acids is 1. The summed E-state index contributed by atoms with van der Waals surface area (Å²) in [7, 11) is 1.23. The Bertz CT molecular complexity index is 391. The number of carboxylic acid groups (broad SMARTS) is 1. The molecule has 1 aromatic carbocycles. The lowest BCUT2D eigenvalue weighted by Gasteiger charge is -2.08. The third-order valence-electron chi connectivity index (χ3n) is 1.68. The van der Waals surface area contributed by atoms with Gasteiger partial charge in [-0.05, 0) is 0 Å². The second kappa shape index (κ2) is 3.41. The van der Waals surface area contributed by atoms with Crippen molar-refractivity contribution in [3.8, 4) is 11.5 Å². The number of carbonyl (C=O) groups is 1. The zero-order valence-electron chi connectivity index (χ0n) is 7.24. The standard InChI is InChI=1S/C8H8FNO4/c1-14-4-2-3(11)5(8(12)13)6(9)7(4)10/h2,11H,10H2,1H3,(H,12,13). The van der Waals surface area contributed by atoms with Gasteiger partial charge in [0.25, 0.3) is 0 Å².